The summed E-state index contributed by atoms with van der Waals surface area (Å²) >= 11 is 0. The van der Waals surface area contributed by atoms with Crippen molar-refractivity contribution < 1.29 is 4.74 Å². The highest BCUT2D eigenvalue weighted by atomic mass is 16.5. The Bertz CT molecular complexity index is 412. The molecule has 0 aliphatic heterocycles. The van der Waals surface area contributed by atoms with Gasteiger partial charge in [0, 0.05) is 25.8 Å². The van der Waals surface area contributed by atoms with Gasteiger partial charge in [0.05, 0.1) is 5.60 Å². The molecule has 1 aromatic heterocycles. The molecule has 5 heteroatoms. The Morgan fingerprint density at radius 3 is 2.37 bits per heavy atom. The summed E-state index contributed by atoms with van der Waals surface area (Å²) in [7, 11) is 1.80. The van der Waals surface area contributed by atoms with Crippen molar-refractivity contribution in [2.24, 2.45) is 0 Å². The van der Waals surface area contributed by atoms with Gasteiger partial charge in [-0.15, -0.1) is 0 Å². The SMILES string of the molecule is CCNc1ncnc(NCC2(OC)CCC2)c1CC. The molecule has 2 N–H and O–H groups in total. The van der Waals surface area contributed by atoms with Gasteiger partial charge >= 0.3 is 0 Å². The van der Waals surface area contributed by atoms with Gasteiger partial charge in [-0.2, -0.15) is 0 Å². The van der Waals surface area contributed by atoms with Crippen molar-refractivity contribution in [3.8, 4) is 0 Å². The maximum atomic E-state index is 5.63. The van der Waals surface area contributed by atoms with Gasteiger partial charge in [-0.3, -0.25) is 0 Å². The third-order valence-corrected chi connectivity index (χ3v) is 3.92. The van der Waals surface area contributed by atoms with E-state index in [2.05, 4.69) is 34.4 Å². The molecule has 5 nitrogen and oxygen atoms in total. The van der Waals surface area contributed by atoms with Crippen LogP contribution < -0.4 is 10.6 Å². The number of ether oxygens (including phenoxy) is 1. The van der Waals surface area contributed by atoms with Crippen molar-refractivity contribution in [3.63, 3.8) is 0 Å². The number of aromatic nitrogens is 2. The molecule has 0 unspecified atom stereocenters. The monoisotopic (exact) mass is 264 g/mol. The van der Waals surface area contributed by atoms with Crippen molar-refractivity contribution in [2.75, 3.05) is 30.8 Å². The fourth-order valence-corrected chi connectivity index (χ4v) is 2.49. The first-order chi connectivity index (χ1) is 9.24. The van der Waals surface area contributed by atoms with Crippen LogP contribution in [-0.4, -0.2) is 35.8 Å². The van der Waals surface area contributed by atoms with Gasteiger partial charge in [0.1, 0.15) is 18.0 Å². The van der Waals surface area contributed by atoms with Crippen LogP contribution in [0.25, 0.3) is 0 Å². The lowest BCUT2D eigenvalue weighted by Gasteiger charge is -2.40. The van der Waals surface area contributed by atoms with Crippen LogP contribution >= 0.6 is 0 Å². The first-order valence-corrected chi connectivity index (χ1v) is 7.11. The summed E-state index contributed by atoms with van der Waals surface area (Å²) in [6, 6.07) is 0. The maximum absolute atomic E-state index is 5.63. The number of hydrogen-bond donors (Lipinski definition) is 2. The summed E-state index contributed by atoms with van der Waals surface area (Å²) in [5.41, 5.74) is 1.16. The van der Waals surface area contributed by atoms with Crippen LogP contribution in [0.3, 0.4) is 0 Å². The molecule has 1 aliphatic carbocycles. The molecule has 0 bridgehead atoms. The van der Waals surface area contributed by atoms with E-state index in [0.29, 0.717) is 0 Å². The fraction of sp³-hybridized carbons (Fsp3) is 0.714. The lowest BCUT2D eigenvalue weighted by molar-refractivity contribution is -0.0601. The third kappa shape index (κ3) is 2.97. The quantitative estimate of drug-likeness (QED) is 0.792. The second-order valence-corrected chi connectivity index (χ2v) is 5.03. The van der Waals surface area contributed by atoms with Crippen LogP contribution in [0.4, 0.5) is 11.6 Å². The zero-order chi connectivity index (χ0) is 13.7. The van der Waals surface area contributed by atoms with Gasteiger partial charge < -0.3 is 15.4 Å². The van der Waals surface area contributed by atoms with E-state index in [-0.39, 0.29) is 5.60 Å². The first kappa shape index (κ1) is 14.1. The fourth-order valence-electron chi connectivity index (χ4n) is 2.49. The first-order valence-electron chi connectivity index (χ1n) is 7.11. The molecule has 1 saturated carbocycles. The predicted octanol–water partition coefficient (Wildman–Crippen LogP) is 2.45. The van der Waals surface area contributed by atoms with Crippen LogP contribution in [0.1, 0.15) is 38.7 Å². The van der Waals surface area contributed by atoms with Crippen LogP contribution in [0.15, 0.2) is 6.33 Å². The third-order valence-electron chi connectivity index (χ3n) is 3.92. The number of methoxy groups -OCH3 is 1. The summed E-state index contributed by atoms with van der Waals surface area (Å²) in [6.07, 6.45) is 6.03. The largest absolute Gasteiger partial charge is 0.376 e. The average molecular weight is 264 g/mol. The normalized spacial score (nSPS) is 16.8. The minimum atomic E-state index is 0.00824. The molecule has 0 atom stereocenters. The zero-order valence-corrected chi connectivity index (χ0v) is 12.1. The maximum Gasteiger partial charge on any atom is 0.134 e. The number of rotatable bonds is 7. The summed E-state index contributed by atoms with van der Waals surface area (Å²) in [5.74, 6) is 1.86. The zero-order valence-electron chi connectivity index (χ0n) is 12.1. The summed E-state index contributed by atoms with van der Waals surface area (Å²) in [6.45, 7) is 5.88. The minimum Gasteiger partial charge on any atom is -0.376 e. The van der Waals surface area contributed by atoms with Gasteiger partial charge in [0.25, 0.3) is 0 Å². The molecule has 0 amide bonds. The van der Waals surface area contributed by atoms with E-state index in [9.17, 15) is 0 Å². The van der Waals surface area contributed by atoms with E-state index < -0.39 is 0 Å². The van der Waals surface area contributed by atoms with Crippen molar-refractivity contribution >= 4 is 11.6 Å². The van der Waals surface area contributed by atoms with E-state index >= 15 is 0 Å². The van der Waals surface area contributed by atoms with Gasteiger partial charge in [-0.05, 0) is 32.6 Å². The Labute approximate surface area is 115 Å². The van der Waals surface area contributed by atoms with Gasteiger partial charge in [-0.25, -0.2) is 9.97 Å². The number of nitrogens with zero attached hydrogens (tertiary/aromatic N) is 2. The number of hydrogen-bond acceptors (Lipinski definition) is 5. The molecule has 0 aromatic carbocycles. The van der Waals surface area contributed by atoms with Gasteiger partial charge in [0.2, 0.25) is 0 Å². The summed E-state index contributed by atoms with van der Waals surface area (Å²) in [4.78, 5) is 8.68. The average Bonchev–Trinajstić information content (AvgIpc) is 2.38. The topological polar surface area (TPSA) is 59.1 Å². The summed E-state index contributed by atoms with van der Waals surface area (Å²) < 4.78 is 5.63. The van der Waals surface area contributed by atoms with Gasteiger partial charge in [-0.1, -0.05) is 6.92 Å². The van der Waals surface area contributed by atoms with Crippen molar-refractivity contribution in [1.82, 2.24) is 9.97 Å². The van der Waals surface area contributed by atoms with Crippen molar-refractivity contribution in [2.45, 2.75) is 45.1 Å². The molecule has 2 rings (SSSR count). The Balaban J connectivity index is 2.08. The lowest BCUT2D eigenvalue weighted by atomic mass is 9.80. The van der Waals surface area contributed by atoms with E-state index in [0.717, 1.165) is 49.6 Å². The van der Waals surface area contributed by atoms with Crippen molar-refractivity contribution in [3.05, 3.63) is 11.9 Å². The predicted molar refractivity (Wildman–Crippen MR) is 77.7 cm³/mol. The van der Waals surface area contributed by atoms with Crippen LogP contribution in [-0.2, 0) is 11.2 Å². The molecule has 19 heavy (non-hydrogen) atoms. The molecule has 1 aliphatic rings. The Hall–Kier alpha value is -1.36. The van der Waals surface area contributed by atoms with E-state index in [4.69, 9.17) is 4.74 Å². The van der Waals surface area contributed by atoms with Crippen LogP contribution in [0, 0.1) is 0 Å². The van der Waals surface area contributed by atoms with Crippen LogP contribution in [0.2, 0.25) is 0 Å². The van der Waals surface area contributed by atoms with Crippen molar-refractivity contribution in [1.29, 1.82) is 0 Å². The Morgan fingerprint density at radius 1 is 1.21 bits per heavy atom. The van der Waals surface area contributed by atoms with E-state index in [1.165, 1.54) is 6.42 Å². The van der Waals surface area contributed by atoms with E-state index in [1.807, 2.05) is 0 Å². The smallest absolute Gasteiger partial charge is 0.134 e. The molecule has 106 valence electrons. The molecule has 0 spiro atoms. The highest BCUT2D eigenvalue weighted by molar-refractivity contribution is 5.57. The standard InChI is InChI=1S/C14H24N4O/c1-4-11-12(15-5-2)17-10-18-13(11)16-9-14(19-3)7-6-8-14/h10H,4-9H2,1-3H3,(H2,15,16,17,18). The molecular weight excluding hydrogens is 240 g/mol. The molecule has 0 radical (unpaired) electrons. The number of anilines is 2. The van der Waals surface area contributed by atoms with Gasteiger partial charge in [0.15, 0.2) is 0 Å². The van der Waals surface area contributed by atoms with Crippen LogP contribution in [0.5, 0.6) is 0 Å². The highest BCUT2D eigenvalue weighted by Gasteiger charge is 2.36. The minimum absolute atomic E-state index is 0.00824. The Kier molecular flexibility index (Phi) is 4.58. The second-order valence-electron chi connectivity index (χ2n) is 5.03. The Morgan fingerprint density at radius 2 is 1.89 bits per heavy atom. The lowest BCUT2D eigenvalue weighted by Crippen LogP contribution is -2.45. The van der Waals surface area contributed by atoms with E-state index in [1.54, 1.807) is 13.4 Å². The molecule has 1 fully saturated rings. The molecule has 1 heterocycles. The number of nitrogens with one attached hydrogen (secondary N) is 2. The summed E-state index contributed by atoms with van der Waals surface area (Å²) in [5, 5.41) is 6.72. The molecule has 1 aromatic rings. The second kappa shape index (κ2) is 6.19. The molecule has 0 saturated heterocycles. The molecular formula is C14H24N4O. The highest BCUT2D eigenvalue weighted by Crippen LogP contribution is 2.35.